The highest BCUT2D eigenvalue weighted by Gasteiger charge is 2.29. The van der Waals surface area contributed by atoms with E-state index in [1.165, 1.54) is 17.8 Å². The number of aryl methyl sites for hydroxylation is 1. The molecule has 0 aliphatic heterocycles. The van der Waals surface area contributed by atoms with Crippen molar-refractivity contribution in [1.82, 2.24) is 15.1 Å². The number of carboxylic acids is 1. The summed E-state index contributed by atoms with van der Waals surface area (Å²) in [7, 11) is 1.53. The van der Waals surface area contributed by atoms with Gasteiger partial charge in [0.05, 0.1) is 6.20 Å². The smallest absolute Gasteiger partial charge is 0.407 e. The van der Waals surface area contributed by atoms with Gasteiger partial charge in [0.1, 0.15) is 18.0 Å². The number of aromatic nitrogens is 2. The molecule has 9 heteroatoms. The Balaban J connectivity index is 1.31. The quantitative estimate of drug-likeness (QED) is 0.464. The van der Waals surface area contributed by atoms with E-state index in [9.17, 15) is 19.5 Å². The summed E-state index contributed by atoms with van der Waals surface area (Å²) < 4.78 is 6.74. The lowest BCUT2D eigenvalue weighted by atomic mass is 9.98. The molecule has 4 rings (SSSR count). The minimum Gasteiger partial charge on any atom is -0.477 e. The van der Waals surface area contributed by atoms with E-state index in [1.807, 2.05) is 36.4 Å². The average Bonchev–Trinajstić information content (AvgIpc) is 3.35. The van der Waals surface area contributed by atoms with Crippen molar-refractivity contribution in [3.8, 4) is 11.1 Å². The van der Waals surface area contributed by atoms with E-state index >= 15 is 0 Å². The van der Waals surface area contributed by atoms with E-state index in [4.69, 9.17) is 4.74 Å². The second kappa shape index (κ2) is 9.62. The molecule has 0 fully saturated rings. The molecule has 0 atom stereocenters. The van der Waals surface area contributed by atoms with Gasteiger partial charge in [0.2, 0.25) is 0 Å². The van der Waals surface area contributed by atoms with Crippen LogP contribution >= 0.6 is 0 Å². The summed E-state index contributed by atoms with van der Waals surface area (Å²) in [5.41, 5.74) is 4.74. The van der Waals surface area contributed by atoms with Gasteiger partial charge in [-0.1, -0.05) is 54.6 Å². The van der Waals surface area contributed by atoms with Gasteiger partial charge >= 0.3 is 12.1 Å². The summed E-state index contributed by atoms with van der Waals surface area (Å²) in [6.45, 7) is 1.83. The summed E-state index contributed by atoms with van der Waals surface area (Å²) in [6, 6.07) is 16.2. The van der Waals surface area contributed by atoms with Crippen molar-refractivity contribution in [2.45, 2.75) is 12.8 Å². The fourth-order valence-electron chi connectivity index (χ4n) is 3.98. The Hall–Kier alpha value is -4.40. The number of nitrogens with zero attached hydrogens (tertiary/aromatic N) is 2. The van der Waals surface area contributed by atoms with Crippen molar-refractivity contribution in [2.75, 3.05) is 18.5 Å². The number of hydrogen-bond acceptors (Lipinski definition) is 5. The molecule has 0 radical (unpaired) electrons. The molecule has 3 N–H and O–H groups in total. The standard InChI is InChI=1S/C25H24N4O5/c1-15(23(30)28-22-20(24(31)32)13-27-29(22)2)11-12-26-25(33)34-14-21-18-9-5-3-7-16(18)17-8-4-6-10-19(17)21/h3-11,13,21H,12,14H2,1-2H3,(H,26,33)(H,28,30)(H,31,32)/b15-11+. The molecule has 9 nitrogen and oxygen atoms in total. The van der Waals surface area contributed by atoms with Crippen molar-refractivity contribution < 1.29 is 24.2 Å². The van der Waals surface area contributed by atoms with Crippen LogP contribution in [0.4, 0.5) is 10.6 Å². The third-order valence-corrected chi connectivity index (χ3v) is 5.76. The number of carbonyl (C=O) groups excluding carboxylic acids is 2. The van der Waals surface area contributed by atoms with Gasteiger partial charge in [-0.05, 0) is 29.2 Å². The van der Waals surface area contributed by atoms with Crippen LogP contribution in [0.2, 0.25) is 0 Å². The van der Waals surface area contributed by atoms with E-state index in [1.54, 1.807) is 6.92 Å². The topological polar surface area (TPSA) is 123 Å². The van der Waals surface area contributed by atoms with Crippen molar-refractivity contribution in [1.29, 1.82) is 0 Å². The third-order valence-electron chi connectivity index (χ3n) is 5.76. The predicted molar refractivity (Wildman–Crippen MR) is 126 cm³/mol. The van der Waals surface area contributed by atoms with Crippen LogP contribution in [0.15, 0.2) is 66.4 Å². The first-order valence-corrected chi connectivity index (χ1v) is 10.7. The molecule has 1 aliphatic rings. The number of ether oxygens (including phenoxy) is 1. The minimum absolute atomic E-state index is 0.0384. The van der Waals surface area contributed by atoms with Gasteiger partial charge in [-0.25, -0.2) is 9.59 Å². The van der Waals surface area contributed by atoms with Crippen LogP contribution in [0.1, 0.15) is 34.3 Å². The Morgan fingerprint density at radius 1 is 1.09 bits per heavy atom. The number of rotatable bonds is 7. The van der Waals surface area contributed by atoms with Gasteiger partial charge < -0.3 is 20.5 Å². The molecule has 0 bridgehead atoms. The highest BCUT2D eigenvalue weighted by molar-refractivity contribution is 6.06. The first kappa shape index (κ1) is 22.8. The SMILES string of the molecule is C/C(=C\CNC(=O)OCC1c2ccccc2-c2ccccc21)C(=O)Nc1c(C(=O)O)cnn1C. The Kier molecular flexibility index (Phi) is 6.44. The Morgan fingerprint density at radius 2 is 1.71 bits per heavy atom. The van der Waals surface area contributed by atoms with Crippen LogP contribution in [-0.4, -0.2) is 46.0 Å². The molecule has 1 aromatic heterocycles. The number of fused-ring (bicyclic) bond motifs is 3. The summed E-state index contributed by atoms with van der Waals surface area (Å²) in [6.07, 6.45) is 2.09. The maximum atomic E-state index is 12.4. The number of carboxylic acid groups (broad SMARTS) is 1. The number of nitrogens with one attached hydrogen (secondary N) is 2. The average molecular weight is 460 g/mol. The van der Waals surface area contributed by atoms with E-state index in [0.29, 0.717) is 5.57 Å². The number of aromatic carboxylic acids is 1. The molecule has 3 aromatic rings. The second-order valence-corrected chi connectivity index (χ2v) is 7.88. The monoisotopic (exact) mass is 460 g/mol. The zero-order valence-corrected chi connectivity index (χ0v) is 18.7. The fourth-order valence-corrected chi connectivity index (χ4v) is 3.98. The number of anilines is 1. The predicted octanol–water partition coefficient (Wildman–Crippen LogP) is 3.54. The van der Waals surface area contributed by atoms with Gasteiger partial charge in [-0.3, -0.25) is 9.48 Å². The number of benzene rings is 2. The molecule has 0 saturated carbocycles. The fraction of sp³-hybridized carbons (Fsp3) is 0.200. The van der Waals surface area contributed by atoms with Crippen molar-refractivity contribution in [2.24, 2.45) is 7.05 Å². The molecule has 174 valence electrons. The maximum absolute atomic E-state index is 12.4. The summed E-state index contributed by atoms with van der Waals surface area (Å²) in [4.78, 5) is 35.9. The van der Waals surface area contributed by atoms with Crippen LogP contribution in [0.3, 0.4) is 0 Å². The van der Waals surface area contributed by atoms with Crippen LogP contribution in [0.5, 0.6) is 0 Å². The lowest BCUT2D eigenvalue weighted by Gasteiger charge is -2.14. The van der Waals surface area contributed by atoms with Gasteiger partial charge in [-0.15, -0.1) is 0 Å². The van der Waals surface area contributed by atoms with Gasteiger partial charge in [-0.2, -0.15) is 5.10 Å². The zero-order valence-electron chi connectivity index (χ0n) is 18.7. The van der Waals surface area contributed by atoms with Crippen molar-refractivity contribution in [3.05, 3.63) is 83.1 Å². The molecular weight excluding hydrogens is 436 g/mol. The molecule has 2 aromatic carbocycles. The molecular formula is C25H24N4O5. The van der Waals surface area contributed by atoms with Crippen LogP contribution in [0.25, 0.3) is 11.1 Å². The summed E-state index contributed by atoms with van der Waals surface area (Å²) >= 11 is 0. The number of amides is 2. The van der Waals surface area contributed by atoms with Gasteiger partial charge in [0, 0.05) is 25.1 Å². The lowest BCUT2D eigenvalue weighted by molar-refractivity contribution is -0.112. The van der Waals surface area contributed by atoms with Crippen molar-refractivity contribution >= 4 is 23.8 Å². The lowest BCUT2D eigenvalue weighted by Crippen LogP contribution is -2.27. The first-order chi connectivity index (χ1) is 16.4. The van der Waals surface area contributed by atoms with Crippen LogP contribution in [0, 0.1) is 0 Å². The number of alkyl carbamates (subject to hydrolysis) is 1. The first-order valence-electron chi connectivity index (χ1n) is 10.7. The summed E-state index contributed by atoms with van der Waals surface area (Å²) in [5, 5.41) is 18.2. The van der Waals surface area contributed by atoms with Gasteiger partial charge in [0.15, 0.2) is 0 Å². The van der Waals surface area contributed by atoms with Gasteiger partial charge in [0.25, 0.3) is 5.91 Å². The van der Waals surface area contributed by atoms with E-state index in [2.05, 4.69) is 27.9 Å². The molecule has 0 unspecified atom stereocenters. The molecule has 1 heterocycles. The molecule has 0 saturated heterocycles. The highest BCUT2D eigenvalue weighted by Crippen LogP contribution is 2.44. The normalized spacial score (nSPS) is 12.6. The number of hydrogen-bond donors (Lipinski definition) is 3. The molecule has 1 aliphatic carbocycles. The van der Waals surface area contributed by atoms with E-state index < -0.39 is 18.0 Å². The van der Waals surface area contributed by atoms with E-state index in [0.717, 1.165) is 28.5 Å². The maximum Gasteiger partial charge on any atom is 0.407 e. The third kappa shape index (κ3) is 4.54. The van der Waals surface area contributed by atoms with E-state index in [-0.39, 0.29) is 30.5 Å². The largest absolute Gasteiger partial charge is 0.477 e. The van der Waals surface area contributed by atoms with Crippen molar-refractivity contribution in [3.63, 3.8) is 0 Å². The Morgan fingerprint density at radius 3 is 2.32 bits per heavy atom. The molecule has 0 spiro atoms. The van der Waals surface area contributed by atoms with Crippen LogP contribution in [-0.2, 0) is 16.6 Å². The highest BCUT2D eigenvalue weighted by atomic mass is 16.5. The molecule has 2 amide bonds. The Bertz CT molecular complexity index is 1250. The number of carbonyl (C=O) groups is 3. The Labute approximate surface area is 196 Å². The molecule has 34 heavy (non-hydrogen) atoms. The van der Waals surface area contributed by atoms with Crippen LogP contribution < -0.4 is 10.6 Å². The minimum atomic E-state index is -1.19. The summed E-state index contributed by atoms with van der Waals surface area (Å²) in [5.74, 6) is -1.65. The second-order valence-electron chi connectivity index (χ2n) is 7.88. The zero-order chi connectivity index (χ0) is 24.2.